The number of carbonyl (C=O) groups is 1. The van der Waals surface area contributed by atoms with Crippen LogP contribution in [-0.2, 0) is 4.79 Å². The third-order valence-electron chi connectivity index (χ3n) is 4.44. The Balaban J connectivity index is 1.64. The van der Waals surface area contributed by atoms with Crippen LogP contribution in [0.1, 0.15) is 19.3 Å². The van der Waals surface area contributed by atoms with Crippen molar-refractivity contribution in [3.05, 3.63) is 48.3 Å². The molecular weight excluding hydrogens is 293 g/mol. The van der Waals surface area contributed by atoms with Crippen LogP contribution in [0.3, 0.4) is 0 Å². The Morgan fingerprint density at radius 2 is 2.00 bits per heavy atom. The normalized spacial score (nSPS) is 14.7. The van der Waals surface area contributed by atoms with Crippen LogP contribution in [0.25, 0.3) is 22.0 Å². The lowest BCUT2D eigenvalue weighted by Gasteiger charge is -2.23. The summed E-state index contributed by atoms with van der Waals surface area (Å²) in [5, 5.41) is 10.9. The van der Waals surface area contributed by atoms with E-state index >= 15 is 0 Å². The van der Waals surface area contributed by atoms with Gasteiger partial charge >= 0.3 is 0 Å². The lowest BCUT2D eigenvalue weighted by Crippen LogP contribution is -2.28. The summed E-state index contributed by atoms with van der Waals surface area (Å²) in [5.74, 6) is 0.454. The van der Waals surface area contributed by atoms with Crippen LogP contribution in [0.4, 0.5) is 10.2 Å². The second-order valence-corrected chi connectivity index (χ2v) is 5.96. The summed E-state index contributed by atoms with van der Waals surface area (Å²) in [6.07, 6.45) is 3.03. The summed E-state index contributed by atoms with van der Waals surface area (Å²) < 4.78 is 13.4. The number of halogens is 1. The molecular formula is C18H16FN3O. The van der Waals surface area contributed by atoms with Crippen molar-refractivity contribution < 1.29 is 9.18 Å². The maximum Gasteiger partial charge on any atom is 0.228 e. The van der Waals surface area contributed by atoms with E-state index in [-0.39, 0.29) is 17.6 Å². The van der Waals surface area contributed by atoms with Crippen molar-refractivity contribution >= 4 is 22.6 Å². The summed E-state index contributed by atoms with van der Waals surface area (Å²) in [7, 11) is 0. The standard InChI is InChI=1S/C18H16FN3O/c19-14-6-2-5-12(9-14)13-7-8-15-16(10-13)21-22-17(15)20-18(23)11-3-1-4-11/h2,5-11H,1,3-4H2,(H2,20,21,22,23). The van der Waals surface area contributed by atoms with Gasteiger partial charge < -0.3 is 5.32 Å². The van der Waals surface area contributed by atoms with Gasteiger partial charge in [0.15, 0.2) is 5.82 Å². The molecule has 0 atom stereocenters. The minimum absolute atomic E-state index is 0.0406. The zero-order valence-corrected chi connectivity index (χ0v) is 12.5. The molecule has 0 radical (unpaired) electrons. The minimum atomic E-state index is -0.263. The number of fused-ring (bicyclic) bond motifs is 1. The highest BCUT2D eigenvalue weighted by Gasteiger charge is 2.26. The van der Waals surface area contributed by atoms with Crippen LogP contribution >= 0.6 is 0 Å². The fraction of sp³-hybridized carbons (Fsp3) is 0.222. The molecule has 0 unspecified atom stereocenters. The van der Waals surface area contributed by atoms with Crippen molar-refractivity contribution in [3.63, 3.8) is 0 Å². The monoisotopic (exact) mass is 309 g/mol. The fourth-order valence-electron chi connectivity index (χ4n) is 2.85. The van der Waals surface area contributed by atoms with E-state index in [0.717, 1.165) is 41.3 Å². The summed E-state index contributed by atoms with van der Waals surface area (Å²) >= 11 is 0. The smallest absolute Gasteiger partial charge is 0.228 e. The van der Waals surface area contributed by atoms with Gasteiger partial charge in [-0.1, -0.05) is 24.6 Å². The van der Waals surface area contributed by atoms with E-state index in [0.29, 0.717) is 5.82 Å². The molecule has 0 bridgehead atoms. The number of rotatable bonds is 3. The summed E-state index contributed by atoms with van der Waals surface area (Å²) in [4.78, 5) is 12.1. The van der Waals surface area contributed by atoms with E-state index in [1.54, 1.807) is 6.07 Å². The Morgan fingerprint density at radius 1 is 1.17 bits per heavy atom. The Kier molecular flexibility index (Phi) is 3.33. The number of nitrogens with zero attached hydrogens (tertiary/aromatic N) is 1. The first-order valence-corrected chi connectivity index (χ1v) is 7.75. The lowest BCUT2D eigenvalue weighted by molar-refractivity contribution is -0.122. The molecule has 5 heteroatoms. The van der Waals surface area contributed by atoms with Gasteiger partial charge in [-0.25, -0.2) is 4.39 Å². The first kappa shape index (κ1) is 13.9. The number of carbonyl (C=O) groups excluding carboxylic acids is 1. The molecule has 1 amide bonds. The van der Waals surface area contributed by atoms with Crippen molar-refractivity contribution in [1.82, 2.24) is 10.2 Å². The molecule has 4 rings (SSSR count). The average Bonchev–Trinajstić information content (AvgIpc) is 2.88. The predicted octanol–water partition coefficient (Wildman–Crippen LogP) is 4.11. The maximum atomic E-state index is 13.4. The second-order valence-electron chi connectivity index (χ2n) is 5.96. The second kappa shape index (κ2) is 5.50. The average molecular weight is 309 g/mol. The van der Waals surface area contributed by atoms with Crippen molar-refractivity contribution in [1.29, 1.82) is 0 Å². The zero-order valence-electron chi connectivity index (χ0n) is 12.5. The van der Waals surface area contributed by atoms with Crippen LogP contribution in [0.2, 0.25) is 0 Å². The molecule has 4 nitrogen and oxygen atoms in total. The van der Waals surface area contributed by atoms with Crippen LogP contribution in [0, 0.1) is 11.7 Å². The highest BCUT2D eigenvalue weighted by Crippen LogP contribution is 2.30. The van der Waals surface area contributed by atoms with Gasteiger partial charge in [0.25, 0.3) is 0 Å². The van der Waals surface area contributed by atoms with Crippen molar-refractivity contribution in [2.24, 2.45) is 5.92 Å². The molecule has 1 saturated carbocycles. The molecule has 1 heterocycles. The van der Waals surface area contributed by atoms with Crippen LogP contribution in [0.15, 0.2) is 42.5 Å². The van der Waals surface area contributed by atoms with Crippen molar-refractivity contribution in [2.45, 2.75) is 19.3 Å². The highest BCUT2D eigenvalue weighted by molar-refractivity contribution is 6.01. The summed E-state index contributed by atoms with van der Waals surface area (Å²) in [5.41, 5.74) is 2.52. The molecule has 0 aliphatic heterocycles. The summed E-state index contributed by atoms with van der Waals surface area (Å²) in [6, 6.07) is 12.2. The Bertz CT molecular complexity index is 883. The number of amides is 1. The molecule has 3 aromatic rings. The van der Waals surface area contributed by atoms with E-state index in [4.69, 9.17) is 0 Å². The largest absolute Gasteiger partial charge is 0.308 e. The topological polar surface area (TPSA) is 57.8 Å². The number of anilines is 1. The zero-order chi connectivity index (χ0) is 15.8. The maximum absolute atomic E-state index is 13.4. The Hall–Kier alpha value is -2.69. The van der Waals surface area contributed by atoms with Gasteiger partial charge in [0, 0.05) is 11.3 Å². The first-order valence-electron chi connectivity index (χ1n) is 7.75. The molecule has 1 aromatic heterocycles. The van der Waals surface area contributed by atoms with Crippen LogP contribution in [0.5, 0.6) is 0 Å². The molecule has 1 fully saturated rings. The molecule has 1 aliphatic rings. The minimum Gasteiger partial charge on any atom is -0.308 e. The predicted molar refractivity (Wildman–Crippen MR) is 87.5 cm³/mol. The molecule has 2 aromatic carbocycles. The number of aromatic nitrogens is 2. The first-order chi connectivity index (χ1) is 11.2. The van der Waals surface area contributed by atoms with Gasteiger partial charge in [-0.2, -0.15) is 5.10 Å². The van der Waals surface area contributed by atoms with E-state index < -0.39 is 0 Å². The van der Waals surface area contributed by atoms with Crippen molar-refractivity contribution in [2.75, 3.05) is 5.32 Å². The van der Waals surface area contributed by atoms with Crippen LogP contribution < -0.4 is 5.32 Å². The van der Waals surface area contributed by atoms with Crippen molar-refractivity contribution in [3.8, 4) is 11.1 Å². The van der Waals surface area contributed by atoms with E-state index in [2.05, 4.69) is 15.5 Å². The number of aromatic amines is 1. The van der Waals surface area contributed by atoms with E-state index in [1.807, 2.05) is 24.3 Å². The summed E-state index contributed by atoms with van der Waals surface area (Å²) in [6.45, 7) is 0. The van der Waals surface area contributed by atoms with Crippen LogP contribution in [-0.4, -0.2) is 16.1 Å². The number of H-pyrrole nitrogens is 1. The van der Waals surface area contributed by atoms with Gasteiger partial charge in [0.1, 0.15) is 5.82 Å². The number of hydrogen-bond donors (Lipinski definition) is 2. The fourth-order valence-corrected chi connectivity index (χ4v) is 2.85. The molecule has 116 valence electrons. The quantitative estimate of drug-likeness (QED) is 0.765. The van der Waals surface area contributed by atoms with E-state index in [1.165, 1.54) is 12.1 Å². The highest BCUT2D eigenvalue weighted by atomic mass is 19.1. The molecule has 23 heavy (non-hydrogen) atoms. The number of benzene rings is 2. The third-order valence-corrected chi connectivity index (χ3v) is 4.44. The van der Waals surface area contributed by atoms with E-state index in [9.17, 15) is 9.18 Å². The van der Waals surface area contributed by atoms with Gasteiger partial charge in [-0.05, 0) is 48.2 Å². The SMILES string of the molecule is O=C(Nc1n[nH]c2cc(-c3cccc(F)c3)ccc12)C1CCC1. The van der Waals surface area contributed by atoms with Gasteiger partial charge in [-0.3, -0.25) is 9.89 Å². The van der Waals surface area contributed by atoms with Gasteiger partial charge in [0.2, 0.25) is 5.91 Å². The molecule has 0 saturated heterocycles. The van der Waals surface area contributed by atoms with Gasteiger partial charge in [0.05, 0.1) is 5.52 Å². The molecule has 0 spiro atoms. The Morgan fingerprint density at radius 3 is 2.74 bits per heavy atom. The Labute approximate surface area is 132 Å². The van der Waals surface area contributed by atoms with Gasteiger partial charge in [-0.15, -0.1) is 0 Å². The number of nitrogens with one attached hydrogen (secondary N) is 2. The third kappa shape index (κ3) is 2.59. The molecule has 2 N–H and O–H groups in total. The lowest BCUT2D eigenvalue weighted by atomic mass is 9.85. The molecule has 1 aliphatic carbocycles. The number of hydrogen-bond acceptors (Lipinski definition) is 2.